The van der Waals surface area contributed by atoms with Gasteiger partial charge in [-0.25, -0.2) is 4.79 Å². The molecule has 7 nitrogen and oxygen atoms in total. The summed E-state index contributed by atoms with van der Waals surface area (Å²) in [6.45, 7) is 13.0. The zero-order valence-corrected chi connectivity index (χ0v) is 20.8. The highest BCUT2D eigenvalue weighted by atomic mass is 16.7. The molecule has 3 heterocycles. The van der Waals surface area contributed by atoms with Gasteiger partial charge in [0.15, 0.2) is 12.2 Å². The van der Waals surface area contributed by atoms with Crippen molar-refractivity contribution in [3.8, 4) is 0 Å². The number of hydrogen-bond acceptors (Lipinski definition) is 7. The normalized spacial score (nSPS) is 45.1. The molecule has 4 fully saturated rings. The second kappa shape index (κ2) is 7.44. The van der Waals surface area contributed by atoms with E-state index in [1.807, 2.05) is 19.9 Å². The second-order valence-electron chi connectivity index (χ2n) is 11.8. The maximum absolute atomic E-state index is 12.9. The maximum atomic E-state index is 12.9. The topological polar surface area (TPSA) is 98.5 Å². The number of carbonyl (C=O) groups excluding carboxylic acids is 2. The van der Waals surface area contributed by atoms with Gasteiger partial charge >= 0.3 is 11.9 Å². The number of aliphatic hydroxyl groups excluding tert-OH is 1. The van der Waals surface area contributed by atoms with Gasteiger partial charge in [-0.15, -0.1) is 0 Å². The predicted molar refractivity (Wildman–Crippen MR) is 122 cm³/mol. The predicted octanol–water partition coefficient (Wildman–Crippen LogP) is 4.35. The molecular formula is C27H36O7. The minimum absolute atomic E-state index is 0.0233. The summed E-state index contributed by atoms with van der Waals surface area (Å²) in [7, 11) is 1.40. The van der Waals surface area contributed by atoms with Crippen molar-refractivity contribution in [3.05, 3.63) is 36.3 Å². The zero-order valence-electron chi connectivity index (χ0n) is 20.8. The first-order valence-electron chi connectivity index (χ1n) is 12.3. The Morgan fingerprint density at radius 2 is 1.94 bits per heavy atom. The molecule has 8 unspecified atom stereocenters. The van der Waals surface area contributed by atoms with Crippen LogP contribution in [0.1, 0.15) is 71.7 Å². The minimum atomic E-state index is -0.818. The number of epoxide rings is 1. The van der Waals surface area contributed by atoms with Crippen molar-refractivity contribution >= 4 is 11.9 Å². The van der Waals surface area contributed by atoms with E-state index in [2.05, 4.69) is 20.4 Å². The number of esters is 2. The van der Waals surface area contributed by atoms with E-state index in [1.54, 1.807) is 12.3 Å². The fraction of sp³-hybridized carbons (Fsp3) is 0.704. The van der Waals surface area contributed by atoms with Crippen LogP contribution in [0.5, 0.6) is 0 Å². The lowest BCUT2D eigenvalue weighted by atomic mass is 9.45. The number of rotatable bonds is 4. The first kappa shape index (κ1) is 23.6. The molecule has 7 heteroatoms. The molecule has 4 aliphatic rings. The Labute approximate surface area is 200 Å². The Kier molecular flexibility index (Phi) is 5.17. The Morgan fingerprint density at radius 1 is 1.21 bits per heavy atom. The first-order valence-corrected chi connectivity index (χ1v) is 12.3. The molecular weight excluding hydrogens is 436 g/mol. The molecule has 0 bridgehead atoms. The molecule has 1 spiro atoms. The van der Waals surface area contributed by atoms with Crippen molar-refractivity contribution in [3.63, 3.8) is 0 Å². The number of ether oxygens (including phenoxy) is 3. The number of aliphatic hydroxyl groups is 1. The molecule has 2 saturated heterocycles. The van der Waals surface area contributed by atoms with E-state index in [4.69, 9.17) is 18.6 Å². The molecule has 0 aromatic carbocycles. The number of carbonyl (C=O) groups is 2. The molecule has 1 aromatic heterocycles. The van der Waals surface area contributed by atoms with Gasteiger partial charge in [0.05, 0.1) is 19.5 Å². The fourth-order valence-corrected chi connectivity index (χ4v) is 7.89. The summed E-state index contributed by atoms with van der Waals surface area (Å²) in [6, 6.07) is 3.64. The van der Waals surface area contributed by atoms with Crippen LogP contribution in [0.15, 0.2) is 35.0 Å². The molecule has 0 amide bonds. The van der Waals surface area contributed by atoms with Crippen LogP contribution in [-0.4, -0.2) is 42.0 Å². The van der Waals surface area contributed by atoms with Gasteiger partial charge in [0.2, 0.25) is 0 Å². The minimum Gasteiger partial charge on any atom is -0.469 e. The van der Waals surface area contributed by atoms with Gasteiger partial charge in [0, 0.05) is 11.8 Å². The van der Waals surface area contributed by atoms with Gasteiger partial charge in [-0.1, -0.05) is 34.3 Å². The lowest BCUT2D eigenvalue weighted by Gasteiger charge is -2.60. The molecule has 2 aliphatic heterocycles. The van der Waals surface area contributed by atoms with Gasteiger partial charge in [0.1, 0.15) is 11.4 Å². The lowest BCUT2D eigenvalue weighted by molar-refractivity contribution is -0.174. The zero-order chi connectivity index (χ0) is 24.7. The van der Waals surface area contributed by atoms with Gasteiger partial charge in [-0.05, 0) is 66.1 Å². The van der Waals surface area contributed by atoms with Gasteiger partial charge in [-0.2, -0.15) is 0 Å². The van der Waals surface area contributed by atoms with Crippen molar-refractivity contribution in [1.82, 2.24) is 0 Å². The third-order valence-electron chi connectivity index (χ3n) is 10.0. The summed E-state index contributed by atoms with van der Waals surface area (Å²) >= 11 is 0. The van der Waals surface area contributed by atoms with Crippen LogP contribution in [0.3, 0.4) is 0 Å². The van der Waals surface area contributed by atoms with E-state index in [0.717, 1.165) is 24.8 Å². The summed E-state index contributed by atoms with van der Waals surface area (Å²) in [5, 5.41) is 10.9. The lowest BCUT2D eigenvalue weighted by Crippen LogP contribution is -2.59. The quantitative estimate of drug-likeness (QED) is 0.395. The van der Waals surface area contributed by atoms with Crippen molar-refractivity contribution in [2.24, 2.45) is 28.1 Å². The average Bonchev–Trinajstić information content (AvgIpc) is 3.35. The number of methoxy groups -OCH3 is 1. The van der Waals surface area contributed by atoms with E-state index in [9.17, 15) is 14.7 Å². The van der Waals surface area contributed by atoms with E-state index in [0.29, 0.717) is 12.2 Å². The molecule has 34 heavy (non-hydrogen) atoms. The number of hydrogen-bond donors (Lipinski definition) is 1. The average molecular weight is 473 g/mol. The Hall–Kier alpha value is -2.12. The van der Waals surface area contributed by atoms with E-state index < -0.39 is 34.7 Å². The molecule has 2 saturated carbocycles. The Bertz CT molecular complexity index is 1010. The summed E-state index contributed by atoms with van der Waals surface area (Å²) in [5.41, 5.74) is -1.21. The van der Waals surface area contributed by atoms with Crippen molar-refractivity contribution < 1.29 is 33.3 Å². The SMILES string of the molecule is C=C1C(C2(C)CCC(O)C(C)(C)C2CC(=O)OC)CCC2(C)C(c3ccco3)OC(=O)C3OC132. The van der Waals surface area contributed by atoms with Gasteiger partial charge < -0.3 is 23.7 Å². The van der Waals surface area contributed by atoms with Crippen LogP contribution < -0.4 is 0 Å². The molecule has 8 atom stereocenters. The Balaban J connectivity index is 1.54. The third kappa shape index (κ3) is 2.89. The fourth-order valence-electron chi connectivity index (χ4n) is 7.89. The van der Waals surface area contributed by atoms with Crippen LogP contribution in [0, 0.1) is 28.1 Å². The summed E-state index contributed by atoms with van der Waals surface area (Å²) in [6.07, 6.45) is 3.09. The summed E-state index contributed by atoms with van der Waals surface area (Å²) in [4.78, 5) is 25.4. The van der Waals surface area contributed by atoms with Crippen LogP contribution >= 0.6 is 0 Å². The van der Waals surface area contributed by atoms with E-state index in [-0.39, 0.29) is 35.6 Å². The highest BCUT2D eigenvalue weighted by Crippen LogP contribution is 2.72. The van der Waals surface area contributed by atoms with E-state index >= 15 is 0 Å². The Morgan fingerprint density at radius 3 is 2.59 bits per heavy atom. The first-order chi connectivity index (χ1) is 15.9. The van der Waals surface area contributed by atoms with E-state index in [1.165, 1.54) is 7.11 Å². The third-order valence-corrected chi connectivity index (χ3v) is 10.0. The molecule has 186 valence electrons. The van der Waals surface area contributed by atoms with Crippen LogP contribution in [-0.2, 0) is 23.8 Å². The van der Waals surface area contributed by atoms with Gasteiger partial charge in [0.25, 0.3) is 0 Å². The van der Waals surface area contributed by atoms with Gasteiger partial charge in [-0.3, -0.25) is 4.79 Å². The molecule has 1 aromatic rings. The largest absolute Gasteiger partial charge is 0.469 e. The molecule has 1 N–H and O–H groups in total. The van der Waals surface area contributed by atoms with Crippen LogP contribution in [0.2, 0.25) is 0 Å². The van der Waals surface area contributed by atoms with Crippen LogP contribution in [0.25, 0.3) is 0 Å². The summed E-state index contributed by atoms with van der Waals surface area (Å²) in [5.74, 6) is -0.131. The van der Waals surface area contributed by atoms with Crippen LogP contribution in [0.4, 0.5) is 0 Å². The molecule has 2 aliphatic carbocycles. The second-order valence-corrected chi connectivity index (χ2v) is 11.8. The molecule has 5 rings (SSSR count). The van der Waals surface area contributed by atoms with Crippen molar-refractivity contribution in [1.29, 1.82) is 0 Å². The monoisotopic (exact) mass is 472 g/mol. The number of cyclic esters (lactones) is 1. The maximum Gasteiger partial charge on any atom is 0.339 e. The highest BCUT2D eigenvalue weighted by Gasteiger charge is 2.80. The van der Waals surface area contributed by atoms with Crippen molar-refractivity contribution in [2.45, 2.75) is 83.7 Å². The highest BCUT2D eigenvalue weighted by molar-refractivity contribution is 5.83. The smallest absolute Gasteiger partial charge is 0.339 e. The molecule has 0 radical (unpaired) electrons. The summed E-state index contributed by atoms with van der Waals surface area (Å²) < 4.78 is 22.8. The van der Waals surface area contributed by atoms with Crippen molar-refractivity contribution in [2.75, 3.05) is 7.11 Å². The number of furan rings is 1. The standard InChI is InChI=1S/C27H36O7/c1-15-16(25(4)11-10-19(28)24(2,3)18(25)14-20(29)31-6)9-12-26(5)21(17-8-7-13-32-17)33-23(30)22-27(15,26)34-22/h7-8,13,16,18-19,21-22,28H,1,9-12,14H2,2-6H3.